The lowest BCUT2D eigenvalue weighted by molar-refractivity contribution is -0.0796. The molecule has 0 aromatic carbocycles. The van der Waals surface area contributed by atoms with Crippen molar-refractivity contribution in [1.29, 1.82) is 0 Å². The van der Waals surface area contributed by atoms with Gasteiger partial charge in [0.2, 0.25) is 6.29 Å². The van der Waals surface area contributed by atoms with Gasteiger partial charge in [0.25, 0.3) is 0 Å². The molecule has 0 radical (unpaired) electrons. The van der Waals surface area contributed by atoms with Crippen LogP contribution in [0.4, 0.5) is 5.69 Å². The summed E-state index contributed by atoms with van der Waals surface area (Å²) in [6.45, 7) is 0. The highest BCUT2D eigenvalue weighted by atomic mass is 16.6. The fraction of sp³-hybridized carbons (Fsp3) is 0.500. The van der Waals surface area contributed by atoms with E-state index in [0.29, 0.717) is 11.4 Å². The summed E-state index contributed by atoms with van der Waals surface area (Å²) in [6, 6.07) is 0. The maximum atomic E-state index is 9.15. The van der Waals surface area contributed by atoms with Gasteiger partial charge in [-0.05, 0) is 0 Å². The van der Waals surface area contributed by atoms with Gasteiger partial charge in [0.1, 0.15) is 5.69 Å². The van der Waals surface area contributed by atoms with Crippen molar-refractivity contribution in [2.75, 3.05) is 12.8 Å². The van der Waals surface area contributed by atoms with Crippen LogP contribution in [0.5, 0.6) is 0 Å². The van der Waals surface area contributed by atoms with Gasteiger partial charge >= 0.3 is 0 Å². The van der Waals surface area contributed by atoms with E-state index in [4.69, 9.17) is 10.8 Å². The van der Waals surface area contributed by atoms with Crippen LogP contribution in [0.2, 0.25) is 0 Å². The summed E-state index contributed by atoms with van der Waals surface area (Å²) in [5.41, 5.74) is 6.28. The van der Waals surface area contributed by atoms with Crippen LogP contribution < -0.4 is 5.73 Å². The zero-order valence-corrected chi connectivity index (χ0v) is 6.48. The van der Waals surface area contributed by atoms with Crippen LogP contribution in [-0.4, -0.2) is 22.0 Å². The van der Waals surface area contributed by atoms with E-state index in [-0.39, 0.29) is 0 Å². The van der Waals surface area contributed by atoms with Gasteiger partial charge in [-0.1, -0.05) is 0 Å². The second kappa shape index (κ2) is 2.89. The molecule has 0 amide bonds. The second-order valence-electron chi connectivity index (χ2n) is 2.23. The average molecular weight is 157 g/mol. The number of aliphatic hydroxyl groups excluding tert-OH is 1. The number of nitrogen functional groups attached to an aromatic ring is 1. The van der Waals surface area contributed by atoms with Gasteiger partial charge in [-0.15, -0.1) is 0 Å². The number of hydrogen-bond acceptors (Lipinski definition) is 4. The first-order valence-corrected chi connectivity index (χ1v) is 3.15. The topological polar surface area (TPSA) is 73.3 Å². The number of aliphatic hydroxyl groups is 1. The van der Waals surface area contributed by atoms with Crippen LogP contribution in [0.25, 0.3) is 0 Å². The minimum absolute atomic E-state index is 0.356. The number of ether oxygens (including phenoxy) is 1. The molecule has 62 valence electrons. The number of nitrogens with zero attached hydrogens (tertiary/aromatic N) is 2. The SMILES string of the molecule is COC(O)c1nn(C)cc1N. The summed E-state index contributed by atoms with van der Waals surface area (Å²) >= 11 is 0. The number of nitrogens with two attached hydrogens (primary N) is 1. The first-order chi connectivity index (χ1) is 5.15. The molecule has 1 atom stereocenters. The molecule has 5 heteroatoms. The van der Waals surface area contributed by atoms with Crippen LogP contribution >= 0.6 is 0 Å². The molecule has 0 aliphatic carbocycles. The summed E-state index contributed by atoms with van der Waals surface area (Å²) in [5.74, 6) is 0. The molecular weight excluding hydrogens is 146 g/mol. The molecule has 0 saturated heterocycles. The fourth-order valence-electron chi connectivity index (χ4n) is 0.828. The molecule has 11 heavy (non-hydrogen) atoms. The molecule has 5 nitrogen and oxygen atoms in total. The molecule has 1 rings (SSSR count). The normalized spacial score (nSPS) is 13.4. The molecule has 0 aliphatic heterocycles. The Balaban J connectivity index is 2.93. The van der Waals surface area contributed by atoms with Gasteiger partial charge in [-0.2, -0.15) is 5.10 Å². The van der Waals surface area contributed by atoms with Crippen molar-refractivity contribution in [3.05, 3.63) is 11.9 Å². The Morgan fingerprint density at radius 3 is 2.82 bits per heavy atom. The van der Waals surface area contributed by atoms with E-state index in [2.05, 4.69) is 9.84 Å². The third-order valence-corrected chi connectivity index (χ3v) is 1.34. The number of anilines is 1. The molecule has 0 aliphatic rings. The smallest absolute Gasteiger partial charge is 0.202 e. The first kappa shape index (κ1) is 8.03. The Hall–Kier alpha value is -1.07. The Kier molecular flexibility index (Phi) is 2.11. The summed E-state index contributed by atoms with van der Waals surface area (Å²) in [5, 5.41) is 13.0. The lowest BCUT2D eigenvalue weighted by Crippen LogP contribution is -2.03. The van der Waals surface area contributed by atoms with E-state index in [0.717, 1.165) is 0 Å². The van der Waals surface area contributed by atoms with Crippen molar-refractivity contribution in [3.8, 4) is 0 Å². The number of methoxy groups -OCH3 is 1. The van der Waals surface area contributed by atoms with E-state index in [1.807, 2.05) is 0 Å². The first-order valence-electron chi connectivity index (χ1n) is 3.15. The Morgan fingerprint density at radius 1 is 1.82 bits per heavy atom. The molecule has 1 heterocycles. The van der Waals surface area contributed by atoms with Crippen molar-refractivity contribution < 1.29 is 9.84 Å². The number of hydrogen-bond donors (Lipinski definition) is 2. The van der Waals surface area contributed by atoms with Gasteiger partial charge in [0, 0.05) is 20.4 Å². The molecule has 3 N–H and O–H groups in total. The van der Waals surface area contributed by atoms with Gasteiger partial charge in [-0.3, -0.25) is 4.68 Å². The molecule has 0 spiro atoms. The molecule has 1 aromatic heterocycles. The molecule has 1 aromatic rings. The fourth-order valence-corrected chi connectivity index (χ4v) is 0.828. The van der Waals surface area contributed by atoms with Crippen molar-refractivity contribution in [2.24, 2.45) is 7.05 Å². The monoisotopic (exact) mass is 157 g/mol. The highest BCUT2D eigenvalue weighted by molar-refractivity contribution is 5.40. The lowest BCUT2D eigenvalue weighted by atomic mass is 10.4. The summed E-state index contributed by atoms with van der Waals surface area (Å²) < 4.78 is 6.15. The largest absolute Gasteiger partial charge is 0.396 e. The van der Waals surface area contributed by atoms with Crippen molar-refractivity contribution in [3.63, 3.8) is 0 Å². The standard InChI is InChI=1S/C6H11N3O2/c1-9-3-4(7)5(8-9)6(10)11-2/h3,6,10H,7H2,1-2H3. The van der Waals surface area contributed by atoms with Crippen LogP contribution in [0.15, 0.2) is 6.20 Å². The van der Waals surface area contributed by atoms with Crippen LogP contribution in [0, 0.1) is 0 Å². The second-order valence-corrected chi connectivity index (χ2v) is 2.23. The zero-order chi connectivity index (χ0) is 8.43. The number of rotatable bonds is 2. The summed E-state index contributed by atoms with van der Waals surface area (Å²) in [4.78, 5) is 0. The van der Waals surface area contributed by atoms with Gasteiger partial charge in [-0.25, -0.2) is 0 Å². The molecule has 0 bridgehead atoms. The molecule has 0 saturated carbocycles. The zero-order valence-electron chi connectivity index (χ0n) is 6.48. The van der Waals surface area contributed by atoms with E-state index in [1.54, 1.807) is 13.2 Å². The number of aromatic nitrogens is 2. The quantitative estimate of drug-likeness (QED) is 0.575. The van der Waals surface area contributed by atoms with E-state index in [1.165, 1.54) is 11.8 Å². The van der Waals surface area contributed by atoms with E-state index < -0.39 is 6.29 Å². The molecule has 0 fully saturated rings. The maximum Gasteiger partial charge on any atom is 0.202 e. The van der Waals surface area contributed by atoms with E-state index >= 15 is 0 Å². The highest BCUT2D eigenvalue weighted by Gasteiger charge is 2.13. The van der Waals surface area contributed by atoms with Crippen LogP contribution in [0.3, 0.4) is 0 Å². The molecule has 1 unspecified atom stereocenters. The summed E-state index contributed by atoms with van der Waals surface area (Å²) in [6.07, 6.45) is 0.577. The lowest BCUT2D eigenvalue weighted by Gasteiger charge is -2.04. The predicted octanol–water partition coefficient (Wildman–Crippen LogP) is -0.360. The third-order valence-electron chi connectivity index (χ3n) is 1.34. The average Bonchev–Trinajstić information content (AvgIpc) is 2.28. The van der Waals surface area contributed by atoms with Crippen molar-refractivity contribution in [1.82, 2.24) is 9.78 Å². The molecular formula is C6H11N3O2. The minimum Gasteiger partial charge on any atom is -0.396 e. The third kappa shape index (κ3) is 1.50. The Labute approximate surface area is 64.4 Å². The van der Waals surface area contributed by atoms with Crippen molar-refractivity contribution >= 4 is 5.69 Å². The van der Waals surface area contributed by atoms with Crippen LogP contribution in [-0.2, 0) is 11.8 Å². The maximum absolute atomic E-state index is 9.15. The van der Waals surface area contributed by atoms with Gasteiger partial charge in [0.15, 0.2) is 0 Å². The highest BCUT2D eigenvalue weighted by Crippen LogP contribution is 2.17. The van der Waals surface area contributed by atoms with E-state index in [9.17, 15) is 0 Å². The van der Waals surface area contributed by atoms with Gasteiger partial charge in [0.05, 0.1) is 5.69 Å². The Bertz CT molecular complexity index is 246. The number of aryl methyl sites for hydroxylation is 1. The predicted molar refractivity (Wildman–Crippen MR) is 39.6 cm³/mol. The Morgan fingerprint density at radius 2 is 2.45 bits per heavy atom. The van der Waals surface area contributed by atoms with Gasteiger partial charge < -0.3 is 15.6 Å². The minimum atomic E-state index is -1.03. The van der Waals surface area contributed by atoms with Crippen molar-refractivity contribution in [2.45, 2.75) is 6.29 Å². The summed E-state index contributed by atoms with van der Waals surface area (Å²) in [7, 11) is 3.11. The van der Waals surface area contributed by atoms with Crippen LogP contribution in [0.1, 0.15) is 12.0 Å².